The number of nitriles is 1. The van der Waals surface area contributed by atoms with Crippen molar-refractivity contribution in [1.29, 1.82) is 5.26 Å². The van der Waals surface area contributed by atoms with Crippen molar-refractivity contribution in [3.63, 3.8) is 0 Å². The van der Waals surface area contributed by atoms with Gasteiger partial charge in [-0.15, -0.1) is 11.8 Å². The highest BCUT2D eigenvalue weighted by atomic mass is 32.2. The molecule has 1 aliphatic rings. The van der Waals surface area contributed by atoms with Crippen molar-refractivity contribution in [2.75, 3.05) is 17.3 Å². The molecule has 0 aromatic heterocycles. The molecule has 0 bridgehead atoms. The minimum atomic E-state index is 0.294. The van der Waals surface area contributed by atoms with Crippen LogP contribution in [0.15, 0.2) is 0 Å². The molecule has 0 heterocycles. The SMILES string of the molecule is CCSCCSC(C#N)C1CC1. The second-order valence-corrected chi connectivity index (χ2v) is 5.60. The Hall–Kier alpha value is 0.190. The third kappa shape index (κ3) is 3.73. The number of hydrogen-bond donors (Lipinski definition) is 0. The van der Waals surface area contributed by atoms with Crippen LogP contribution in [0.4, 0.5) is 0 Å². The van der Waals surface area contributed by atoms with Gasteiger partial charge in [0.25, 0.3) is 0 Å². The maximum atomic E-state index is 8.82. The van der Waals surface area contributed by atoms with E-state index in [-0.39, 0.29) is 0 Å². The van der Waals surface area contributed by atoms with Gasteiger partial charge in [-0.3, -0.25) is 0 Å². The van der Waals surface area contributed by atoms with E-state index in [0.717, 1.165) is 11.7 Å². The molecule has 1 unspecified atom stereocenters. The molecule has 3 heteroatoms. The first-order valence-corrected chi connectivity index (χ1v) is 6.67. The van der Waals surface area contributed by atoms with Crippen LogP contribution in [0.1, 0.15) is 19.8 Å². The van der Waals surface area contributed by atoms with Gasteiger partial charge in [0.2, 0.25) is 0 Å². The fourth-order valence-electron chi connectivity index (χ4n) is 1.06. The van der Waals surface area contributed by atoms with E-state index >= 15 is 0 Å². The van der Waals surface area contributed by atoms with Crippen LogP contribution in [0.25, 0.3) is 0 Å². The third-order valence-electron chi connectivity index (χ3n) is 1.91. The number of hydrogen-bond acceptors (Lipinski definition) is 3. The summed E-state index contributed by atoms with van der Waals surface area (Å²) >= 11 is 3.81. The topological polar surface area (TPSA) is 23.8 Å². The molecule has 1 atom stereocenters. The molecule has 68 valence electrons. The third-order valence-corrected chi connectivity index (χ3v) is 4.36. The Labute approximate surface area is 83.3 Å². The molecule has 12 heavy (non-hydrogen) atoms. The highest BCUT2D eigenvalue weighted by molar-refractivity contribution is 8.03. The lowest BCUT2D eigenvalue weighted by atomic mass is 10.3. The Bertz CT molecular complexity index is 160. The molecular weight excluding hydrogens is 186 g/mol. The average molecular weight is 201 g/mol. The van der Waals surface area contributed by atoms with Crippen LogP contribution in [0.2, 0.25) is 0 Å². The van der Waals surface area contributed by atoms with E-state index in [4.69, 9.17) is 5.26 Å². The van der Waals surface area contributed by atoms with Crippen LogP contribution in [0, 0.1) is 17.2 Å². The summed E-state index contributed by atoms with van der Waals surface area (Å²) in [4.78, 5) is 0. The molecule has 1 aliphatic carbocycles. The Morgan fingerprint density at radius 1 is 1.50 bits per heavy atom. The molecule has 0 aromatic rings. The lowest BCUT2D eigenvalue weighted by Crippen LogP contribution is -2.03. The van der Waals surface area contributed by atoms with Gasteiger partial charge in [-0.2, -0.15) is 17.0 Å². The van der Waals surface area contributed by atoms with Crippen molar-refractivity contribution >= 4 is 23.5 Å². The monoisotopic (exact) mass is 201 g/mol. The van der Waals surface area contributed by atoms with Crippen LogP contribution < -0.4 is 0 Å². The van der Waals surface area contributed by atoms with Crippen molar-refractivity contribution in [1.82, 2.24) is 0 Å². The molecule has 1 saturated carbocycles. The zero-order chi connectivity index (χ0) is 8.81. The lowest BCUT2D eigenvalue weighted by Gasteiger charge is -2.05. The molecule has 1 rings (SSSR count). The van der Waals surface area contributed by atoms with Gasteiger partial charge in [0.1, 0.15) is 0 Å². The van der Waals surface area contributed by atoms with Crippen LogP contribution in [0.5, 0.6) is 0 Å². The van der Waals surface area contributed by atoms with Gasteiger partial charge in [-0.1, -0.05) is 6.92 Å². The largest absolute Gasteiger partial charge is 0.197 e. The number of rotatable bonds is 6. The lowest BCUT2D eigenvalue weighted by molar-refractivity contribution is 0.891. The second-order valence-electron chi connectivity index (χ2n) is 2.95. The Balaban J connectivity index is 2.00. The van der Waals surface area contributed by atoms with Gasteiger partial charge < -0.3 is 0 Å². The van der Waals surface area contributed by atoms with Crippen molar-refractivity contribution in [2.24, 2.45) is 5.92 Å². The van der Waals surface area contributed by atoms with E-state index in [0.29, 0.717) is 5.25 Å². The van der Waals surface area contributed by atoms with Crippen LogP contribution >= 0.6 is 23.5 Å². The highest BCUT2D eigenvalue weighted by Gasteiger charge is 2.31. The van der Waals surface area contributed by atoms with Gasteiger partial charge >= 0.3 is 0 Å². The van der Waals surface area contributed by atoms with Crippen molar-refractivity contribution in [3.05, 3.63) is 0 Å². The van der Waals surface area contributed by atoms with E-state index in [1.165, 1.54) is 24.3 Å². The molecule has 1 fully saturated rings. The van der Waals surface area contributed by atoms with Crippen LogP contribution in [0.3, 0.4) is 0 Å². The highest BCUT2D eigenvalue weighted by Crippen LogP contribution is 2.38. The minimum absolute atomic E-state index is 0.294. The van der Waals surface area contributed by atoms with E-state index in [9.17, 15) is 0 Å². The summed E-state index contributed by atoms with van der Waals surface area (Å²) in [6, 6.07) is 2.39. The molecule has 0 amide bonds. The standard InChI is InChI=1S/C9H15NS2/c1-2-11-5-6-12-9(7-10)8-3-4-8/h8-9H,2-6H2,1H3. The summed E-state index contributed by atoms with van der Waals surface area (Å²) in [6.07, 6.45) is 2.57. The maximum Gasteiger partial charge on any atom is 0.0944 e. The summed E-state index contributed by atoms with van der Waals surface area (Å²) in [5.41, 5.74) is 0. The van der Waals surface area contributed by atoms with Gasteiger partial charge in [-0.25, -0.2) is 0 Å². The predicted octanol–water partition coefficient (Wildman–Crippen LogP) is 2.77. The fraction of sp³-hybridized carbons (Fsp3) is 0.889. The Kier molecular flexibility index (Phi) is 4.94. The maximum absolute atomic E-state index is 8.82. The molecule has 0 spiro atoms. The Morgan fingerprint density at radius 3 is 2.75 bits per heavy atom. The first kappa shape index (κ1) is 10.3. The van der Waals surface area contributed by atoms with Crippen molar-refractivity contribution < 1.29 is 0 Å². The first-order valence-electron chi connectivity index (χ1n) is 4.47. The van der Waals surface area contributed by atoms with Crippen LogP contribution in [-0.2, 0) is 0 Å². The quantitative estimate of drug-likeness (QED) is 0.617. The molecule has 0 radical (unpaired) electrons. The zero-order valence-corrected chi connectivity index (χ0v) is 9.09. The summed E-state index contributed by atoms with van der Waals surface area (Å²) < 4.78 is 0. The summed E-state index contributed by atoms with van der Waals surface area (Å²) in [5, 5.41) is 9.11. The molecule has 0 N–H and O–H groups in total. The van der Waals surface area contributed by atoms with Gasteiger partial charge in [0.05, 0.1) is 11.3 Å². The second kappa shape index (κ2) is 5.77. The van der Waals surface area contributed by atoms with Crippen LogP contribution in [-0.4, -0.2) is 22.5 Å². The predicted molar refractivity (Wildman–Crippen MR) is 57.6 cm³/mol. The van der Waals surface area contributed by atoms with E-state index in [1.54, 1.807) is 0 Å². The summed E-state index contributed by atoms with van der Waals surface area (Å²) in [6.45, 7) is 2.18. The summed E-state index contributed by atoms with van der Waals surface area (Å²) in [7, 11) is 0. The fourth-order valence-corrected chi connectivity index (χ4v) is 3.07. The minimum Gasteiger partial charge on any atom is -0.197 e. The van der Waals surface area contributed by atoms with E-state index < -0.39 is 0 Å². The molecule has 0 aromatic carbocycles. The van der Waals surface area contributed by atoms with Crippen molar-refractivity contribution in [3.8, 4) is 6.07 Å². The summed E-state index contributed by atoms with van der Waals surface area (Å²) in [5.74, 6) is 4.27. The number of thioether (sulfide) groups is 2. The molecule has 0 saturated heterocycles. The average Bonchev–Trinajstić information content (AvgIpc) is 2.88. The van der Waals surface area contributed by atoms with Gasteiger partial charge in [-0.05, 0) is 24.5 Å². The normalized spacial score (nSPS) is 18.7. The van der Waals surface area contributed by atoms with Gasteiger partial charge in [0.15, 0.2) is 0 Å². The molecule has 0 aliphatic heterocycles. The van der Waals surface area contributed by atoms with Crippen molar-refractivity contribution in [2.45, 2.75) is 25.0 Å². The molecular formula is C9H15NS2. The zero-order valence-electron chi connectivity index (χ0n) is 7.45. The molecule has 1 nitrogen and oxygen atoms in total. The van der Waals surface area contributed by atoms with E-state index in [2.05, 4.69) is 13.0 Å². The van der Waals surface area contributed by atoms with Gasteiger partial charge in [0, 0.05) is 11.5 Å². The first-order chi connectivity index (χ1) is 5.88. The smallest absolute Gasteiger partial charge is 0.0944 e. The Morgan fingerprint density at radius 2 is 2.25 bits per heavy atom. The number of nitrogens with zero attached hydrogens (tertiary/aromatic N) is 1. The van der Waals surface area contributed by atoms with E-state index in [1.807, 2.05) is 23.5 Å².